The number of nitrogens with one attached hydrogen (secondary N) is 1. The first kappa shape index (κ1) is 23.4. The van der Waals surface area contributed by atoms with E-state index in [1.54, 1.807) is 4.90 Å². The quantitative estimate of drug-likeness (QED) is 0.633. The number of carbonyl (C=O) groups is 3. The van der Waals surface area contributed by atoms with Gasteiger partial charge in [0.2, 0.25) is 0 Å². The van der Waals surface area contributed by atoms with E-state index < -0.39 is 23.6 Å². The Labute approximate surface area is 204 Å². The normalized spacial score (nSPS) is 22.1. The molecule has 2 unspecified atom stereocenters. The van der Waals surface area contributed by atoms with Crippen molar-refractivity contribution in [2.24, 2.45) is 11.3 Å². The average molecular weight is 479 g/mol. The van der Waals surface area contributed by atoms with Crippen LogP contribution in [-0.4, -0.2) is 66.9 Å². The highest BCUT2D eigenvalue weighted by atomic mass is 16.5. The van der Waals surface area contributed by atoms with Gasteiger partial charge in [-0.05, 0) is 35.1 Å². The zero-order valence-corrected chi connectivity index (χ0v) is 19.7. The summed E-state index contributed by atoms with van der Waals surface area (Å²) in [6.07, 6.45) is -0.0757. The van der Waals surface area contributed by atoms with Crippen molar-refractivity contribution in [3.8, 4) is 11.1 Å². The maximum atomic E-state index is 12.9. The number of hydrogen-bond donors (Lipinski definition) is 2. The van der Waals surface area contributed by atoms with E-state index in [1.165, 1.54) is 11.1 Å². The number of amides is 2. The molecule has 0 spiro atoms. The molecule has 2 aliphatic heterocycles. The van der Waals surface area contributed by atoms with Gasteiger partial charge in [-0.3, -0.25) is 9.59 Å². The lowest BCUT2D eigenvalue weighted by molar-refractivity contribution is -0.171. The number of nitrogens with zero attached hydrogens (tertiary/aromatic N) is 1. The number of benzene rings is 2. The van der Waals surface area contributed by atoms with Gasteiger partial charge in [0.05, 0.1) is 0 Å². The van der Waals surface area contributed by atoms with Crippen LogP contribution in [-0.2, 0) is 19.1 Å². The van der Waals surface area contributed by atoms with Gasteiger partial charge in [-0.2, -0.15) is 0 Å². The van der Waals surface area contributed by atoms with Crippen molar-refractivity contribution in [2.75, 3.05) is 32.8 Å². The molecule has 1 aliphatic carbocycles. The van der Waals surface area contributed by atoms with Crippen LogP contribution in [0.2, 0.25) is 0 Å². The van der Waals surface area contributed by atoms with Crippen molar-refractivity contribution in [2.45, 2.75) is 31.8 Å². The molecule has 35 heavy (non-hydrogen) atoms. The topological polar surface area (TPSA) is 105 Å². The zero-order chi connectivity index (χ0) is 24.6. The lowest BCUT2D eigenvalue weighted by atomic mass is 9.77. The van der Waals surface area contributed by atoms with Crippen molar-refractivity contribution in [3.05, 3.63) is 59.7 Å². The number of carboxylic acids is 1. The van der Waals surface area contributed by atoms with Gasteiger partial charge in [0.25, 0.3) is 5.91 Å². The van der Waals surface area contributed by atoms with Crippen LogP contribution in [0, 0.1) is 11.3 Å². The summed E-state index contributed by atoms with van der Waals surface area (Å²) in [6, 6.07) is 16.3. The van der Waals surface area contributed by atoms with E-state index in [1.807, 2.05) is 31.2 Å². The maximum absolute atomic E-state index is 12.9. The number of alkyl carbamates (subject to hydrolysis) is 1. The number of ether oxygens (including phenoxy) is 2. The van der Waals surface area contributed by atoms with Crippen molar-refractivity contribution >= 4 is 18.0 Å². The molecule has 3 aliphatic rings. The third kappa shape index (κ3) is 4.16. The SMILES string of the molecule is CCC1(C(=O)O)CN(C(=O)C2OCCC2CNC(=O)OCC2c3ccccc3-c3ccccc32)C1. The van der Waals surface area contributed by atoms with Crippen molar-refractivity contribution in [3.63, 3.8) is 0 Å². The Morgan fingerprint density at radius 3 is 2.31 bits per heavy atom. The Kier molecular flexibility index (Phi) is 6.23. The lowest BCUT2D eigenvalue weighted by Crippen LogP contribution is -2.64. The summed E-state index contributed by atoms with van der Waals surface area (Å²) in [5.74, 6) is -1.27. The fourth-order valence-corrected chi connectivity index (χ4v) is 5.51. The molecule has 2 saturated heterocycles. The second kappa shape index (κ2) is 9.34. The van der Waals surface area contributed by atoms with E-state index in [4.69, 9.17) is 9.47 Å². The number of aliphatic carboxylic acids is 1. The smallest absolute Gasteiger partial charge is 0.407 e. The number of rotatable bonds is 7. The third-order valence-electron chi connectivity index (χ3n) is 7.74. The average Bonchev–Trinajstić information content (AvgIpc) is 3.43. The molecule has 8 heteroatoms. The summed E-state index contributed by atoms with van der Waals surface area (Å²) in [6.45, 7) is 3.14. The van der Waals surface area contributed by atoms with Gasteiger partial charge < -0.3 is 24.8 Å². The Bertz CT molecular complexity index is 1100. The van der Waals surface area contributed by atoms with Crippen LogP contribution in [0.4, 0.5) is 4.79 Å². The van der Waals surface area contributed by atoms with Gasteiger partial charge in [-0.25, -0.2) is 4.79 Å². The van der Waals surface area contributed by atoms with Gasteiger partial charge >= 0.3 is 12.1 Å². The minimum atomic E-state index is -0.870. The first-order chi connectivity index (χ1) is 16.9. The molecule has 2 N–H and O–H groups in total. The lowest BCUT2D eigenvalue weighted by Gasteiger charge is -2.47. The maximum Gasteiger partial charge on any atom is 0.407 e. The molecule has 2 heterocycles. The van der Waals surface area contributed by atoms with Crippen LogP contribution >= 0.6 is 0 Å². The van der Waals surface area contributed by atoms with Crippen LogP contribution in [0.25, 0.3) is 11.1 Å². The molecule has 2 amide bonds. The zero-order valence-electron chi connectivity index (χ0n) is 19.7. The molecule has 0 radical (unpaired) electrons. The molecule has 0 bridgehead atoms. The standard InChI is InChI=1S/C27H30N2O6/c1-2-27(25(31)32)15-29(16-27)24(30)23-17(11-12-34-23)13-28-26(33)35-14-22-20-9-5-3-7-18(20)19-8-4-6-10-21(19)22/h3-10,17,22-23H,2,11-16H2,1H3,(H,28,33)(H,31,32). The van der Waals surface area contributed by atoms with Gasteiger partial charge in [0, 0.05) is 38.1 Å². The minimum absolute atomic E-state index is 0.0169. The number of hydrogen-bond acceptors (Lipinski definition) is 5. The Balaban J connectivity index is 1.14. The van der Waals surface area contributed by atoms with Gasteiger partial charge in [-0.15, -0.1) is 0 Å². The fraction of sp³-hybridized carbons (Fsp3) is 0.444. The molecule has 184 valence electrons. The number of likely N-dealkylation sites (tertiary alicyclic amines) is 1. The Morgan fingerprint density at radius 1 is 1.09 bits per heavy atom. The van der Waals surface area contributed by atoms with E-state index in [2.05, 4.69) is 29.6 Å². The van der Waals surface area contributed by atoms with Gasteiger partial charge in [0.1, 0.15) is 18.1 Å². The van der Waals surface area contributed by atoms with E-state index in [0.29, 0.717) is 19.4 Å². The molecule has 5 rings (SSSR count). The molecule has 8 nitrogen and oxygen atoms in total. The fourth-order valence-electron chi connectivity index (χ4n) is 5.51. The molecule has 2 atom stereocenters. The number of carbonyl (C=O) groups excluding carboxylic acids is 2. The van der Waals surface area contributed by atoms with Crippen LogP contribution in [0.3, 0.4) is 0 Å². The first-order valence-electron chi connectivity index (χ1n) is 12.2. The van der Waals surface area contributed by atoms with E-state index in [-0.39, 0.29) is 44.0 Å². The number of carboxylic acid groups (broad SMARTS) is 1. The van der Waals surface area contributed by atoms with Crippen LogP contribution in [0.15, 0.2) is 48.5 Å². The first-order valence-corrected chi connectivity index (χ1v) is 12.2. The van der Waals surface area contributed by atoms with Crippen LogP contribution in [0.5, 0.6) is 0 Å². The molecular weight excluding hydrogens is 448 g/mol. The third-order valence-corrected chi connectivity index (χ3v) is 7.74. The summed E-state index contributed by atoms with van der Waals surface area (Å²) in [5.41, 5.74) is 3.78. The molecule has 0 aromatic heterocycles. The van der Waals surface area contributed by atoms with E-state index in [0.717, 1.165) is 11.1 Å². The highest BCUT2D eigenvalue weighted by Gasteiger charge is 2.52. The predicted octanol–water partition coefficient (Wildman–Crippen LogP) is 3.25. The molecule has 2 aromatic rings. The Morgan fingerprint density at radius 2 is 1.71 bits per heavy atom. The highest BCUT2D eigenvalue weighted by Crippen LogP contribution is 2.44. The van der Waals surface area contributed by atoms with Gasteiger partial charge in [0.15, 0.2) is 0 Å². The number of fused-ring (bicyclic) bond motifs is 3. The highest BCUT2D eigenvalue weighted by molar-refractivity contribution is 5.86. The summed E-state index contributed by atoms with van der Waals surface area (Å²) >= 11 is 0. The molecule has 2 aromatic carbocycles. The van der Waals surface area contributed by atoms with Crippen molar-refractivity contribution < 1.29 is 29.0 Å². The summed E-state index contributed by atoms with van der Waals surface area (Å²) in [7, 11) is 0. The second-order valence-electron chi connectivity index (χ2n) is 9.68. The summed E-state index contributed by atoms with van der Waals surface area (Å²) in [4.78, 5) is 38.5. The van der Waals surface area contributed by atoms with E-state index in [9.17, 15) is 19.5 Å². The minimum Gasteiger partial charge on any atom is -0.481 e. The molecular formula is C27H30N2O6. The van der Waals surface area contributed by atoms with E-state index >= 15 is 0 Å². The molecule has 2 fully saturated rings. The van der Waals surface area contributed by atoms with Crippen LogP contribution in [0.1, 0.15) is 36.8 Å². The predicted molar refractivity (Wildman–Crippen MR) is 128 cm³/mol. The van der Waals surface area contributed by atoms with Crippen molar-refractivity contribution in [1.82, 2.24) is 10.2 Å². The van der Waals surface area contributed by atoms with Crippen LogP contribution < -0.4 is 5.32 Å². The molecule has 0 saturated carbocycles. The summed E-state index contributed by atoms with van der Waals surface area (Å²) in [5, 5.41) is 12.2. The Hall–Kier alpha value is -3.39. The van der Waals surface area contributed by atoms with Crippen molar-refractivity contribution in [1.29, 1.82) is 0 Å². The second-order valence-corrected chi connectivity index (χ2v) is 9.68. The largest absolute Gasteiger partial charge is 0.481 e. The summed E-state index contributed by atoms with van der Waals surface area (Å²) < 4.78 is 11.3. The monoisotopic (exact) mass is 478 g/mol. The van der Waals surface area contributed by atoms with Gasteiger partial charge in [-0.1, -0.05) is 55.5 Å².